The maximum atomic E-state index is 13.6. The number of rotatable bonds is 2. The first-order valence-corrected chi connectivity index (χ1v) is 9.96. The summed E-state index contributed by atoms with van der Waals surface area (Å²) in [6.07, 6.45) is 0.966. The largest absolute Gasteiger partial charge is 0.312 e. The van der Waals surface area contributed by atoms with Gasteiger partial charge in [0.1, 0.15) is 17.4 Å². The fraction of sp³-hybridized carbons (Fsp3) is 0.182. The lowest BCUT2D eigenvalue weighted by atomic mass is 10.0. The highest BCUT2D eigenvalue weighted by molar-refractivity contribution is 6.30. The summed E-state index contributed by atoms with van der Waals surface area (Å²) in [4.78, 5) is 18.2. The third-order valence-electron chi connectivity index (χ3n) is 5.36. The van der Waals surface area contributed by atoms with Gasteiger partial charge in [-0.05, 0) is 61.3 Å². The second-order valence-corrected chi connectivity index (χ2v) is 7.67. The monoisotopic (exact) mass is 452 g/mol. The highest BCUT2D eigenvalue weighted by Gasteiger charge is 2.21. The molecule has 4 aromatic rings. The van der Waals surface area contributed by atoms with E-state index in [2.05, 4.69) is 21.5 Å². The van der Waals surface area contributed by atoms with E-state index in [1.807, 2.05) is 18.2 Å². The molecule has 0 aliphatic carbocycles. The predicted molar refractivity (Wildman–Crippen MR) is 122 cm³/mol. The number of halogens is 2. The van der Waals surface area contributed by atoms with Gasteiger partial charge in [-0.15, -0.1) is 12.4 Å². The highest BCUT2D eigenvalue weighted by Crippen LogP contribution is 2.23. The molecule has 156 valence electrons. The van der Waals surface area contributed by atoms with Gasteiger partial charge >= 0.3 is 0 Å². The van der Waals surface area contributed by atoms with Crippen molar-refractivity contribution in [2.24, 2.45) is 0 Å². The van der Waals surface area contributed by atoms with Crippen molar-refractivity contribution < 1.29 is 0 Å². The van der Waals surface area contributed by atoms with Gasteiger partial charge in [-0.2, -0.15) is 10.4 Å². The van der Waals surface area contributed by atoms with Crippen LogP contribution < -0.4 is 10.9 Å². The van der Waals surface area contributed by atoms with E-state index in [0.717, 1.165) is 25.2 Å². The molecule has 0 bridgehead atoms. The summed E-state index contributed by atoms with van der Waals surface area (Å²) >= 11 is 6.14. The average molecular weight is 453 g/mol. The summed E-state index contributed by atoms with van der Waals surface area (Å²) < 4.78 is 3.02. The Morgan fingerprint density at radius 3 is 2.77 bits per heavy atom. The molecule has 0 spiro atoms. The average Bonchev–Trinajstić information content (AvgIpc) is 3.12. The van der Waals surface area contributed by atoms with Crippen LogP contribution in [0.2, 0.25) is 5.02 Å². The molecule has 0 unspecified atom stereocenters. The third kappa shape index (κ3) is 3.49. The van der Waals surface area contributed by atoms with Crippen LogP contribution in [0, 0.1) is 18.3 Å². The number of aromatic nitrogens is 4. The van der Waals surface area contributed by atoms with Crippen molar-refractivity contribution in [3.63, 3.8) is 0 Å². The van der Waals surface area contributed by atoms with Crippen molar-refractivity contribution in [3.05, 3.63) is 80.5 Å². The van der Waals surface area contributed by atoms with Gasteiger partial charge in [-0.1, -0.05) is 23.7 Å². The van der Waals surface area contributed by atoms with Crippen molar-refractivity contribution in [3.8, 4) is 17.4 Å². The first kappa shape index (κ1) is 21.1. The van der Waals surface area contributed by atoms with Crippen LogP contribution in [0.4, 0.5) is 0 Å². The quantitative estimate of drug-likeness (QED) is 0.502. The second kappa shape index (κ2) is 8.16. The standard InChI is InChI=1S/C22H17ClN6O.ClH/c1-13-26-20-19(11-24)27-29(18-4-2-3-16(23)10-18)21(20)22(30)28(13)17-6-5-14-7-8-25-12-15(14)9-17;/h2-6,9-10,25H,7-8,12H2,1H3;1H. The molecule has 0 amide bonds. The molecule has 0 saturated heterocycles. The van der Waals surface area contributed by atoms with Crippen molar-refractivity contribution in [1.29, 1.82) is 5.26 Å². The summed E-state index contributed by atoms with van der Waals surface area (Å²) in [5, 5.41) is 17.8. The van der Waals surface area contributed by atoms with Crippen LogP contribution in [-0.2, 0) is 13.0 Å². The number of benzene rings is 2. The Morgan fingerprint density at radius 1 is 1.16 bits per heavy atom. The van der Waals surface area contributed by atoms with Crippen LogP contribution in [0.15, 0.2) is 47.3 Å². The van der Waals surface area contributed by atoms with E-state index in [1.165, 1.54) is 15.8 Å². The number of fused-ring (bicyclic) bond motifs is 2. The minimum absolute atomic E-state index is 0. The van der Waals surface area contributed by atoms with E-state index < -0.39 is 0 Å². The number of nitrogens with zero attached hydrogens (tertiary/aromatic N) is 5. The van der Waals surface area contributed by atoms with Crippen LogP contribution in [0.1, 0.15) is 22.6 Å². The van der Waals surface area contributed by atoms with Crippen molar-refractivity contribution in [2.75, 3.05) is 6.54 Å². The number of hydrogen-bond donors (Lipinski definition) is 1. The number of hydrogen-bond acceptors (Lipinski definition) is 5. The van der Waals surface area contributed by atoms with Gasteiger partial charge < -0.3 is 5.32 Å². The van der Waals surface area contributed by atoms with E-state index in [9.17, 15) is 10.1 Å². The molecule has 5 rings (SSSR count). The Bertz CT molecular complexity index is 1420. The van der Waals surface area contributed by atoms with Crippen molar-refractivity contribution in [1.82, 2.24) is 24.6 Å². The maximum absolute atomic E-state index is 13.6. The topological polar surface area (TPSA) is 88.5 Å². The first-order chi connectivity index (χ1) is 14.6. The Labute approximate surface area is 189 Å². The third-order valence-corrected chi connectivity index (χ3v) is 5.59. The van der Waals surface area contributed by atoms with Crippen LogP contribution in [0.25, 0.3) is 22.4 Å². The van der Waals surface area contributed by atoms with Crippen molar-refractivity contribution in [2.45, 2.75) is 19.9 Å². The Kier molecular flexibility index (Phi) is 5.54. The van der Waals surface area contributed by atoms with Gasteiger partial charge in [0, 0.05) is 11.6 Å². The van der Waals surface area contributed by atoms with E-state index >= 15 is 0 Å². The molecule has 9 heteroatoms. The zero-order valence-corrected chi connectivity index (χ0v) is 18.2. The summed E-state index contributed by atoms with van der Waals surface area (Å²) in [6, 6.07) is 15.1. The minimum atomic E-state index is -0.282. The molecular weight excluding hydrogens is 435 g/mol. The zero-order valence-electron chi connectivity index (χ0n) is 16.6. The second-order valence-electron chi connectivity index (χ2n) is 7.23. The Morgan fingerprint density at radius 2 is 2.00 bits per heavy atom. The lowest BCUT2D eigenvalue weighted by Gasteiger charge is -2.19. The summed E-state index contributed by atoms with van der Waals surface area (Å²) in [6.45, 7) is 3.48. The number of nitrogens with one attached hydrogen (secondary N) is 1. The van der Waals surface area contributed by atoms with E-state index in [1.54, 1.807) is 35.8 Å². The van der Waals surface area contributed by atoms with Gasteiger partial charge in [0.25, 0.3) is 5.56 Å². The lowest BCUT2D eigenvalue weighted by Crippen LogP contribution is -2.26. The van der Waals surface area contributed by atoms with Crippen molar-refractivity contribution >= 4 is 35.0 Å². The number of aryl methyl sites for hydroxylation is 1. The van der Waals surface area contributed by atoms with E-state index in [4.69, 9.17) is 11.6 Å². The van der Waals surface area contributed by atoms with Gasteiger partial charge in [-0.25, -0.2) is 9.67 Å². The zero-order chi connectivity index (χ0) is 20.8. The molecule has 7 nitrogen and oxygen atoms in total. The van der Waals surface area contributed by atoms with Crippen LogP contribution in [0.5, 0.6) is 0 Å². The number of nitriles is 1. The molecular formula is C22H18Cl2N6O. The maximum Gasteiger partial charge on any atom is 0.284 e. The fourth-order valence-corrected chi connectivity index (χ4v) is 4.14. The van der Waals surface area contributed by atoms with E-state index in [-0.39, 0.29) is 34.7 Å². The SMILES string of the molecule is Cc1nc2c(C#N)nn(-c3cccc(Cl)c3)c2c(=O)n1-c1ccc2c(c1)CNCC2.Cl. The molecule has 3 heterocycles. The van der Waals surface area contributed by atoms with Crippen LogP contribution >= 0.6 is 24.0 Å². The van der Waals surface area contributed by atoms with Gasteiger partial charge in [0.2, 0.25) is 0 Å². The highest BCUT2D eigenvalue weighted by atomic mass is 35.5. The molecule has 1 aliphatic rings. The molecule has 0 radical (unpaired) electrons. The normalized spacial score (nSPS) is 12.8. The minimum Gasteiger partial charge on any atom is -0.312 e. The van der Waals surface area contributed by atoms with Crippen LogP contribution in [0.3, 0.4) is 0 Å². The fourth-order valence-electron chi connectivity index (χ4n) is 3.95. The smallest absolute Gasteiger partial charge is 0.284 e. The molecule has 0 saturated carbocycles. The first-order valence-electron chi connectivity index (χ1n) is 9.58. The summed E-state index contributed by atoms with van der Waals surface area (Å²) in [7, 11) is 0. The predicted octanol–water partition coefficient (Wildman–Crippen LogP) is 3.47. The molecule has 0 fully saturated rings. The van der Waals surface area contributed by atoms with Gasteiger partial charge in [0.05, 0.1) is 11.4 Å². The molecule has 1 N–H and O–H groups in total. The van der Waals surface area contributed by atoms with Crippen LogP contribution in [-0.4, -0.2) is 25.9 Å². The lowest BCUT2D eigenvalue weighted by molar-refractivity contribution is 0.643. The van der Waals surface area contributed by atoms with Gasteiger partial charge in [0.15, 0.2) is 11.2 Å². The summed E-state index contributed by atoms with van der Waals surface area (Å²) in [5.74, 6) is 0.498. The Hall–Kier alpha value is -3.18. The molecule has 31 heavy (non-hydrogen) atoms. The van der Waals surface area contributed by atoms with Gasteiger partial charge in [-0.3, -0.25) is 9.36 Å². The van der Waals surface area contributed by atoms with E-state index in [0.29, 0.717) is 16.5 Å². The summed E-state index contributed by atoms with van der Waals surface area (Å²) in [5.41, 5.74) is 4.15. The molecule has 2 aromatic carbocycles. The molecule has 1 aliphatic heterocycles. The molecule has 0 atom stereocenters. The Balaban J connectivity index is 0.00000231. The molecule has 2 aromatic heterocycles.